The van der Waals surface area contributed by atoms with E-state index in [1.165, 1.54) is 12.1 Å². The van der Waals surface area contributed by atoms with Gasteiger partial charge in [-0.3, -0.25) is 0 Å². The molecule has 1 aromatic carbocycles. The van der Waals surface area contributed by atoms with Crippen LogP contribution in [0, 0.1) is 6.92 Å². The molecule has 0 saturated carbocycles. The maximum Gasteiger partial charge on any atom is 0.573 e. The zero-order valence-corrected chi connectivity index (χ0v) is 8.18. The van der Waals surface area contributed by atoms with Crippen molar-refractivity contribution in [3.63, 3.8) is 0 Å². The van der Waals surface area contributed by atoms with E-state index in [0.717, 1.165) is 24.8 Å². The Morgan fingerprint density at radius 3 is 2.20 bits per heavy atom. The van der Waals surface area contributed by atoms with Crippen molar-refractivity contribution in [3.05, 3.63) is 36.8 Å². The van der Waals surface area contributed by atoms with E-state index >= 15 is 0 Å². The van der Waals surface area contributed by atoms with E-state index in [9.17, 15) is 13.2 Å². The second-order valence-corrected chi connectivity index (χ2v) is 3.15. The topological polar surface area (TPSA) is 9.23 Å². The number of hydrogen-bond donors (Lipinski definition) is 0. The molecule has 0 heterocycles. The van der Waals surface area contributed by atoms with Crippen molar-refractivity contribution in [1.82, 2.24) is 0 Å². The maximum absolute atomic E-state index is 11.8. The van der Waals surface area contributed by atoms with Gasteiger partial charge >= 0.3 is 6.36 Å². The highest BCUT2D eigenvalue weighted by molar-refractivity contribution is 5.27. The van der Waals surface area contributed by atoms with Crippen LogP contribution >= 0.6 is 0 Å². The van der Waals surface area contributed by atoms with Crippen LogP contribution in [0.1, 0.15) is 18.4 Å². The number of aryl methyl sites for hydroxylation is 1. The second-order valence-electron chi connectivity index (χ2n) is 3.15. The molecule has 1 nitrogen and oxygen atoms in total. The zero-order valence-electron chi connectivity index (χ0n) is 8.18. The minimum Gasteiger partial charge on any atom is -0.406 e. The average Bonchev–Trinajstić information content (AvgIpc) is 2.14. The van der Waals surface area contributed by atoms with Crippen LogP contribution in [0.3, 0.4) is 0 Å². The first-order valence-electron chi connectivity index (χ1n) is 4.65. The number of halogens is 3. The Balaban J connectivity index is 2.56. The Kier molecular flexibility index (Phi) is 4.00. The summed E-state index contributed by atoms with van der Waals surface area (Å²) >= 11 is 0. The molecule has 0 saturated heterocycles. The largest absolute Gasteiger partial charge is 0.573 e. The van der Waals surface area contributed by atoms with Crippen LogP contribution in [-0.4, -0.2) is 6.36 Å². The molecule has 0 aliphatic heterocycles. The Hall–Kier alpha value is -1.19. The minimum atomic E-state index is -4.62. The van der Waals surface area contributed by atoms with Crippen LogP contribution in [0.25, 0.3) is 0 Å². The SMILES string of the molecule is [CH2]CCCc1ccc(OC(F)(F)F)cc1. The van der Waals surface area contributed by atoms with Gasteiger partial charge < -0.3 is 4.74 Å². The second kappa shape index (κ2) is 5.05. The van der Waals surface area contributed by atoms with Crippen LogP contribution in [0.2, 0.25) is 0 Å². The minimum absolute atomic E-state index is 0.180. The first kappa shape index (κ1) is 11.9. The third kappa shape index (κ3) is 4.72. The molecule has 15 heavy (non-hydrogen) atoms. The molecule has 83 valence electrons. The summed E-state index contributed by atoms with van der Waals surface area (Å²) in [5.74, 6) is -0.180. The number of unbranched alkanes of at least 4 members (excludes halogenated alkanes) is 1. The molecule has 0 atom stereocenters. The number of alkyl halides is 3. The van der Waals surface area contributed by atoms with Crippen LogP contribution in [-0.2, 0) is 6.42 Å². The molecule has 1 radical (unpaired) electrons. The highest BCUT2D eigenvalue weighted by Gasteiger charge is 2.30. The van der Waals surface area contributed by atoms with Crippen LogP contribution < -0.4 is 4.74 Å². The fourth-order valence-corrected chi connectivity index (χ4v) is 1.19. The zero-order chi connectivity index (χ0) is 11.3. The van der Waals surface area contributed by atoms with Gasteiger partial charge in [0.25, 0.3) is 0 Å². The monoisotopic (exact) mass is 217 g/mol. The molecule has 0 amide bonds. The lowest BCUT2D eigenvalue weighted by atomic mass is 10.1. The molecule has 0 aliphatic rings. The van der Waals surface area contributed by atoms with Crippen molar-refractivity contribution < 1.29 is 17.9 Å². The Morgan fingerprint density at radius 2 is 1.73 bits per heavy atom. The van der Waals surface area contributed by atoms with E-state index < -0.39 is 6.36 Å². The van der Waals surface area contributed by atoms with Crippen LogP contribution in [0.15, 0.2) is 24.3 Å². The van der Waals surface area contributed by atoms with Gasteiger partial charge in [0, 0.05) is 0 Å². The number of ether oxygens (including phenoxy) is 1. The molecule has 0 spiro atoms. The highest BCUT2D eigenvalue weighted by Crippen LogP contribution is 2.22. The Labute approximate surface area is 86.9 Å². The van der Waals surface area contributed by atoms with E-state index in [0.29, 0.717) is 0 Å². The lowest BCUT2D eigenvalue weighted by Gasteiger charge is -2.09. The third-order valence-electron chi connectivity index (χ3n) is 1.87. The standard InChI is InChI=1S/C11H12F3O/c1-2-3-4-9-5-7-10(8-6-9)15-11(12,13)14/h5-8H,1-4H2. The van der Waals surface area contributed by atoms with E-state index in [-0.39, 0.29) is 5.75 Å². The van der Waals surface area contributed by atoms with Crippen molar-refractivity contribution in [2.75, 3.05) is 0 Å². The smallest absolute Gasteiger partial charge is 0.406 e. The highest BCUT2D eigenvalue weighted by atomic mass is 19.4. The molecular weight excluding hydrogens is 205 g/mol. The molecule has 0 bridgehead atoms. The van der Waals surface area contributed by atoms with Crippen molar-refractivity contribution in [2.45, 2.75) is 25.6 Å². The summed E-state index contributed by atoms with van der Waals surface area (Å²) in [6.45, 7) is 3.69. The first-order valence-corrected chi connectivity index (χ1v) is 4.65. The Morgan fingerprint density at radius 1 is 1.13 bits per heavy atom. The van der Waals surface area contributed by atoms with Crippen LogP contribution in [0.4, 0.5) is 13.2 Å². The van der Waals surface area contributed by atoms with Gasteiger partial charge in [-0.2, -0.15) is 0 Å². The van der Waals surface area contributed by atoms with Gasteiger partial charge in [0.2, 0.25) is 0 Å². The molecule has 0 N–H and O–H groups in total. The van der Waals surface area contributed by atoms with E-state index in [1.54, 1.807) is 12.1 Å². The van der Waals surface area contributed by atoms with Gasteiger partial charge in [-0.05, 0) is 30.5 Å². The summed E-state index contributed by atoms with van der Waals surface area (Å²) in [4.78, 5) is 0. The van der Waals surface area contributed by atoms with E-state index in [2.05, 4.69) is 11.7 Å². The molecule has 1 rings (SSSR count). The average molecular weight is 217 g/mol. The van der Waals surface area contributed by atoms with Gasteiger partial charge in [0.05, 0.1) is 0 Å². The van der Waals surface area contributed by atoms with Crippen LogP contribution in [0.5, 0.6) is 5.75 Å². The van der Waals surface area contributed by atoms with Gasteiger partial charge in [-0.25, -0.2) is 0 Å². The van der Waals surface area contributed by atoms with Crippen molar-refractivity contribution in [2.24, 2.45) is 0 Å². The number of benzene rings is 1. The normalized spacial score (nSPS) is 11.5. The first-order chi connectivity index (χ1) is 7.01. The molecule has 1 aromatic rings. The summed E-state index contributed by atoms with van der Waals surface area (Å²) in [6, 6.07) is 5.92. The quantitative estimate of drug-likeness (QED) is 0.746. The molecule has 0 fully saturated rings. The number of hydrogen-bond acceptors (Lipinski definition) is 1. The predicted molar refractivity (Wildman–Crippen MR) is 51.4 cm³/mol. The van der Waals surface area contributed by atoms with E-state index in [4.69, 9.17) is 0 Å². The summed E-state index contributed by atoms with van der Waals surface area (Å²) < 4.78 is 39.2. The molecule has 0 aromatic heterocycles. The molecule has 4 heteroatoms. The van der Waals surface area contributed by atoms with Gasteiger partial charge in [-0.1, -0.05) is 25.5 Å². The number of rotatable bonds is 4. The Bertz CT molecular complexity index is 290. The summed E-state index contributed by atoms with van der Waals surface area (Å²) in [6.07, 6.45) is -2.04. The van der Waals surface area contributed by atoms with Gasteiger partial charge in [0.15, 0.2) is 0 Å². The predicted octanol–water partition coefficient (Wildman–Crippen LogP) is 3.74. The fourth-order valence-electron chi connectivity index (χ4n) is 1.19. The maximum atomic E-state index is 11.8. The molecule has 0 aliphatic carbocycles. The van der Waals surface area contributed by atoms with E-state index in [1.807, 2.05) is 0 Å². The summed E-state index contributed by atoms with van der Waals surface area (Å²) in [5, 5.41) is 0. The van der Waals surface area contributed by atoms with Gasteiger partial charge in [0.1, 0.15) is 5.75 Å². The summed E-state index contributed by atoms with van der Waals surface area (Å²) in [5.41, 5.74) is 0.994. The third-order valence-corrected chi connectivity index (χ3v) is 1.87. The molecular formula is C11H12F3O. The fraction of sp³-hybridized carbons (Fsp3) is 0.364. The summed E-state index contributed by atoms with van der Waals surface area (Å²) in [7, 11) is 0. The van der Waals surface area contributed by atoms with Crippen molar-refractivity contribution in [1.29, 1.82) is 0 Å². The van der Waals surface area contributed by atoms with Crippen molar-refractivity contribution in [3.8, 4) is 5.75 Å². The lowest BCUT2D eigenvalue weighted by Crippen LogP contribution is -2.17. The molecule has 0 unspecified atom stereocenters. The van der Waals surface area contributed by atoms with Crippen molar-refractivity contribution >= 4 is 0 Å². The lowest BCUT2D eigenvalue weighted by molar-refractivity contribution is -0.274. The van der Waals surface area contributed by atoms with Gasteiger partial charge in [-0.15, -0.1) is 13.2 Å².